The lowest BCUT2D eigenvalue weighted by Gasteiger charge is -2.08. The molecule has 0 aliphatic heterocycles. The summed E-state index contributed by atoms with van der Waals surface area (Å²) in [5.41, 5.74) is 4.57. The molecule has 0 unspecified atom stereocenters. The lowest BCUT2D eigenvalue weighted by molar-refractivity contribution is 0.848. The lowest BCUT2D eigenvalue weighted by Crippen LogP contribution is -2.11. The summed E-state index contributed by atoms with van der Waals surface area (Å²) in [7, 11) is 0. The van der Waals surface area contributed by atoms with Crippen LogP contribution in [-0.4, -0.2) is 9.66 Å². The van der Waals surface area contributed by atoms with Gasteiger partial charge in [0.2, 0.25) is 0 Å². The van der Waals surface area contributed by atoms with Crippen LogP contribution in [0.5, 0.6) is 0 Å². The molecule has 0 aliphatic rings. The second kappa shape index (κ2) is 4.29. The molecule has 1 aromatic carbocycles. The number of fused-ring (bicyclic) bond motifs is 1. The fourth-order valence-electron chi connectivity index (χ4n) is 1.87. The van der Waals surface area contributed by atoms with Gasteiger partial charge < -0.3 is 5.43 Å². The molecule has 0 amide bonds. The number of nitrogens with one attached hydrogen (secondary N) is 1. The maximum Gasteiger partial charge on any atom is 0.0564 e. The zero-order chi connectivity index (χ0) is 11.5. The van der Waals surface area contributed by atoms with E-state index in [1.807, 2.05) is 47.7 Å². The Labute approximate surface area is 99.7 Å². The fourth-order valence-corrected chi connectivity index (χ4v) is 1.87. The van der Waals surface area contributed by atoms with Gasteiger partial charge in [0.1, 0.15) is 0 Å². The number of nitrogens with zero attached hydrogens (tertiary/aromatic N) is 2. The molecule has 3 aromatic rings. The summed E-state index contributed by atoms with van der Waals surface area (Å²) in [6.07, 6.45) is 7.69. The van der Waals surface area contributed by atoms with E-state index in [1.54, 1.807) is 0 Å². The van der Waals surface area contributed by atoms with Crippen molar-refractivity contribution in [2.45, 2.75) is 6.54 Å². The Hall–Kier alpha value is -2.29. The molecule has 0 saturated carbocycles. The van der Waals surface area contributed by atoms with Crippen LogP contribution in [0.15, 0.2) is 61.2 Å². The van der Waals surface area contributed by atoms with Gasteiger partial charge in [-0.2, -0.15) is 0 Å². The van der Waals surface area contributed by atoms with E-state index in [0.29, 0.717) is 0 Å². The van der Waals surface area contributed by atoms with Crippen LogP contribution in [0.1, 0.15) is 5.56 Å². The number of hydrogen-bond acceptors (Lipinski definition) is 2. The molecule has 0 spiro atoms. The van der Waals surface area contributed by atoms with Gasteiger partial charge in [0.25, 0.3) is 0 Å². The summed E-state index contributed by atoms with van der Waals surface area (Å²) in [6, 6.07) is 12.5. The van der Waals surface area contributed by atoms with Crippen LogP contribution in [0.2, 0.25) is 0 Å². The number of pyridine rings is 1. The topological polar surface area (TPSA) is 29.9 Å². The van der Waals surface area contributed by atoms with E-state index in [2.05, 4.69) is 28.6 Å². The maximum atomic E-state index is 4.11. The van der Waals surface area contributed by atoms with Gasteiger partial charge in [0, 0.05) is 30.2 Å². The normalized spacial score (nSPS) is 10.6. The van der Waals surface area contributed by atoms with Gasteiger partial charge in [-0.05, 0) is 35.2 Å². The molecular formula is C14H13N3. The van der Waals surface area contributed by atoms with Crippen molar-refractivity contribution in [1.82, 2.24) is 9.66 Å². The monoisotopic (exact) mass is 223 g/mol. The lowest BCUT2D eigenvalue weighted by atomic mass is 10.1. The van der Waals surface area contributed by atoms with E-state index in [1.165, 1.54) is 16.3 Å². The zero-order valence-electron chi connectivity index (χ0n) is 9.38. The van der Waals surface area contributed by atoms with E-state index in [-0.39, 0.29) is 0 Å². The summed E-state index contributed by atoms with van der Waals surface area (Å²) >= 11 is 0. The van der Waals surface area contributed by atoms with Crippen molar-refractivity contribution in [2.24, 2.45) is 0 Å². The summed E-state index contributed by atoms with van der Waals surface area (Å²) < 4.78 is 1.96. The van der Waals surface area contributed by atoms with E-state index in [9.17, 15) is 0 Å². The van der Waals surface area contributed by atoms with Gasteiger partial charge in [-0.3, -0.25) is 9.66 Å². The molecule has 0 aliphatic carbocycles. The molecular weight excluding hydrogens is 210 g/mol. The van der Waals surface area contributed by atoms with Gasteiger partial charge in [-0.1, -0.05) is 12.1 Å². The molecule has 0 fully saturated rings. The van der Waals surface area contributed by atoms with Crippen molar-refractivity contribution in [3.63, 3.8) is 0 Å². The van der Waals surface area contributed by atoms with Gasteiger partial charge >= 0.3 is 0 Å². The van der Waals surface area contributed by atoms with Crippen molar-refractivity contribution in [1.29, 1.82) is 0 Å². The molecule has 0 bridgehead atoms. The minimum atomic E-state index is 0.812. The Balaban J connectivity index is 1.81. The zero-order valence-corrected chi connectivity index (χ0v) is 9.38. The quantitative estimate of drug-likeness (QED) is 0.740. The second-order valence-electron chi connectivity index (χ2n) is 3.98. The Morgan fingerprint density at radius 3 is 2.82 bits per heavy atom. The van der Waals surface area contributed by atoms with E-state index in [4.69, 9.17) is 0 Å². The van der Waals surface area contributed by atoms with Crippen LogP contribution < -0.4 is 5.43 Å². The van der Waals surface area contributed by atoms with Crippen LogP contribution >= 0.6 is 0 Å². The summed E-state index contributed by atoms with van der Waals surface area (Å²) in [4.78, 5) is 4.11. The number of aromatic nitrogens is 2. The summed E-state index contributed by atoms with van der Waals surface area (Å²) in [5.74, 6) is 0. The summed E-state index contributed by atoms with van der Waals surface area (Å²) in [5, 5.41) is 2.41. The fraction of sp³-hybridized carbons (Fsp3) is 0.0714. The van der Waals surface area contributed by atoms with E-state index >= 15 is 0 Å². The third kappa shape index (κ3) is 2.13. The van der Waals surface area contributed by atoms with Gasteiger partial charge in [-0.25, -0.2) is 0 Å². The average Bonchev–Trinajstić information content (AvgIpc) is 2.89. The highest BCUT2D eigenvalue weighted by Gasteiger charge is 1.96. The Morgan fingerprint density at radius 2 is 1.94 bits per heavy atom. The van der Waals surface area contributed by atoms with Crippen LogP contribution in [0, 0.1) is 0 Å². The van der Waals surface area contributed by atoms with Gasteiger partial charge in [0.15, 0.2) is 0 Å². The SMILES string of the molecule is c1ccn(NCc2ccc3cnccc3c2)c1. The number of benzene rings is 1. The van der Waals surface area contributed by atoms with Crippen molar-refractivity contribution < 1.29 is 0 Å². The molecule has 1 N–H and O–H groups in total. The Kier molecular flexibility index (Phi) is 2.50. The third-order valence-electron chi connectivity index (χ3n) is 2.78. The Morgan fingerprint density at radius 1 is 1.06 bits per heavy atom. The molecule has 0 radical (unpaired) electrons. The van der Waals surface area contributed by atoms with Crippen molar-refractivity contribution in [3.05, 3.63) is 66.7 Å². The molecule has 84 valence electrons. The molecule has 17 heavy (non-hydrogen) atoms. The largest absolute Gasteiger partial charge is 0.322 e. The van der Waals surface area contributed by atoms with Crippen molar-refractivity contribution in [3.8, 4) is 0 Å². The maximum absolute atomic E-state index is 4.11. The highest BCUT2D eigenvalue weighted by atomic mass is 15.4. The summed E-state index contributed by atoms with van der Waals surface area (Å²) in [6.45, 7) is 0.812. The first kappa shape index (κ1) is 9.90. The molecule has 3 heteroatoms. The first-order chi connectivity index (χ1) is 8.42. The van der Waals surface area contributed by atoms with E-state index in [0.717, 1.165) is 6.54 Å². The number of hydrogen-bond donors (Lipinski definition) is 1. The third-order valence-corrected chi connectivity index (χ3v) is 2.78. The minimum Gasteiger partial charge on any atom is -0.322 e. The van der Waals surface area contributed by atoms with Crippen LogP contribution in [-0.2, 0) is 6.54 Å². The first-order valence-electron chi connectivity index (χ1n) is 5.61. The van der Waals surface area contributed by atoms with Crippen molar-refractivity contribution in [2.75, 3.05) is 5.43 Å². The molecule has 2 heterocycles. The highest BCUT2D eigenvalue weighted by molar-refractivity contribution is 5.81. The smallest absolute Gasteiger partial charge is 0.0564 e. The molecule has 0 saturated heterocycles. The molecule has 0 atom stereocenters. The molecule has 3 nitrogen and oxygen atoms in total. The van der Waals surface area contributed by atoms with Gasteiger partial charge in [0.05, 0.1) is 6.54 Å². The van der Waals surface area contributed by atoms with Gasteiger partial charge in [-0.15, -0.1) is 0 Å². The second-order valence-corrected chi connectivity index (χ2v) is 3.98. The highest BCUT2D eigenvalue weighted by Crippen LogP contribution is 2.14. The van der Waals surface area contributed by atoms with Crippen molar-refractivity contribution >= 4 is 10.8 Å². The number of rotatable bonds is 3. The predicted molar refractivity (Wildman–Crippen MR) is 69.2 cm³/mol. The molecule has 3 rings (SSSR count). The average molecular weight is 223 g/mol. The van der Waals surface area contributed by atoms with E-state index < -0.39 is 0 Å². The minimum absolute atomic E-state index is 0.812. The van der Waals surface area contributed by atoms with Crippen LogP contribution in [0.3, 0.4) is 0 Å². The first-order valence-corrected chi connectivity index (χ1v) is 5.61. The predicted octanol–water partition coefficient (Wildman–Crippen LogP) is 2.78. The molecule has 2 aromatic heterocycles. The standard InChI is InChI=1S/C14H13N3/c1-2-8-17(7-1)16-10-12-3-4-14-11-15-6-5-13(14)9-12/h1-9,11,16H,10H2. The van der Waals surface area contributed by atoms with Crippen LogP contribution in [0.4, 0.5) is 0 Å². The van der Waals surface area contributed by atoms with Crippen LogP contribution in [0.25, 0.3) is 10.8 Å². The Bertz CT molecular complexity index is 614.